The summed E-state index contributed by atoms with van der Waals surface area (Å²) in [6.45, 7) is 16.0. The molecule has 6 aliphatic rings. The second-order valence-electron chi connectivity index (χ2n) is 16.2. The van der Waals surface area contributed by atoms with Crippen LogP contribution in [0.2, 0.25) is 0 Å². The van der Waals surface area contributed by atoms with Crippen molar-refractivity contribution in [1.29, 1.82) is 0 Å². The van der Waals surface area contributed by atoms with Gasteiger partial charge in [0.25, 0.3) is 0 Å². The fourth-order valence-corrected chi connectivity index (χ4v) is 11.1. The molecule has 2 N–H and O–H groups in total. The molecule has 4 unspecified atom stereocenters. The van der Waals surface area contributed by atoms with E-state index in [4.69, 9.17) is 14.2 Å². The number of nitrogens with zero attached hydrogens (tertiary/aromatic N) is 2. The van der Waals surface area contributed by atoms with E-state index in [1.165, 1.54) is 23.3 Å². The molecule has 0 aromatic carbocycles. The van der Waals surface area contributed by atoms with Crippen molar-refractivity contribution in [3.63, 3.8) is 0 Å². The average molecular weight is 848 g/mol. The van der Waals surface area contributed by atoms with Gasteiger partial charge in [0, 0.05) is 47.0 Å². The Labute approximate surface area is 309 Å². The third-order valence-electron chi connectivity index (χ3n) is 12.4. The van der Waals surface area contributed by atoms with Crippen molar-refractivity contribution in [2.75, 3.05) is 0 Å². The van der Waals surface area contributed by atoms with E-state index in [1.807, 2.05) is 0 Å². The molecule has 5 nitrogen and oxygen atoms in total. The number of thioether (sulfide) groups is 1. The Morgan fingerprint density at radius 3 is 2.49 bits per heavy atom. The number of ether oxygens (including phenoxy) is 1. The predicted molar refractivity (Wildman–Crippen MR) is 195 cm³/mol. The van der Waals surface area contributed by atoms with Crippen LogP contribution in [0.5, 0.6) is 0 Å². The quantitative estimate of drug-likeness (QED) is 0.188. The Hall–Kier alpha value is -0.721. The Balaban J connectivity index is 0.000000301. The first-order valence-electron chi connectivity index (χ1n) is 20.0. The van der Waals surface area contributed by atoms with E-state index in [2.05, 4.69) is 84.6 Å². The SMILES string of the molecule is CCC(CC)/C(O)=C/[C@@H](O)C(CC)CC.[2H]C([2H])([2H])C1=N[C@H]2OC3=C([C@H]4CC=C5SC6C(C5[N-]4)C(C)(C)CCC6(C)C)[CH-]CC[C@H]3C2CC1.[Ir]. The Bertz CT molecular complexity index is 1300. The van der Waals surface area contributed by atoms with E-state index in [0.29, 0.717) is 57.8 Å². The number of hydrogen-bond donors (Lipinski definition) is 2. The van der Waals surface area contributed by atoms with Gasteiger partial charge in [-0.25, -0.2) is 6.42 Å². The maximum Gasteiger partial charge on any atom is 0.171 e. The molecule has 4 heterocycles. The molecule has 0 bridgehead atoms. The third kappa shape index (κ3) is 8.11. The van der Waals surface area contributed by atoms with E-state index in [1.54, 1.807) is 6.08 Å². The molecule has 4 aliphatic heterocycles. The van der Waals surface area contributed by atoms with Crippen LogP contribution >= 0.6 is 11.8 Å². The summed E-state index contributed by atoms with van der Waals surface area (Å²) in [6.07, 6.45) is 16.5. The minimum absolute atomic E-state index is 0. The molecule has 0 spiro atoms. The molecular weight excluding hydrogens is 781 g/mol. The molecule has 269 valence electrons. The molecule has 0 aromatic rings. The van der Waals surface area contributed by atoms with Gasteiger partial charge in [-0.2, -0.15) is 5.57 Å². The van der Waals surface area contributed by atoms with Crippen LogP contribution in [0, 0.1) is 46.8 Å². The van der Waals surface area contributed by atoms with E-state index < -0.39 is 13.0 Å². The zero-order valence-electron chi connectivity index (χ0n) is 33.2. The summed E-state index contributed by atoms with van der Waals surface area (Å²) < 4.78 is 29.8. The minimum Gasteiger partial charge on any atom is -0.651 e. The second-order valence-corrected chi connectivity index (χ2v) is 17.4. The summed E-state index contributed by atoms with van der Waals surface area (Å²) in [5.74, 6) is 3.16. The molecule has 2 aliphatic carbocycles. The third-order valence-corrected chi connectivity index (χ3v) is 14.3. The summed E-state index contributed by atoms with van der Waals surface area (Å²) in [7, 11) is 0. The molecule has 3 fully saturated rings. The van der Waals surface area contributed by atoms with Crippen LogP contribution in [0.4, 0.5) is 0 Å². The molecule has 0 amide bonds. The zero-order valence-corrected chi connectivity index (χ0v) is 33.4. The average Bonchev–Trinajstić information content (AvgIpc) is 3.64. The molecular formula is C40H64IrN2O3S-2. The number of hydrogen-bond acceptors (Lipinski definition) is 5. The number of allylic oxidation sites excluding steroid dienone is 2. The number of aliphatic imine (C=N–C) groups is 1. The number of aliphatic hydroxyl groups excluding tert-OH is 2. The summed E-state index contributed by atoms with van der Waals surface area (Å²) in [5.41, 5.74) is 2.26. The normalized spacial score (nSPS) is 35.5. The van der Waals surface area contributed by atoms with Crippen molar-refractivity contribution in [3.8, 4) is 0 Å². The molecule has 7 heteroatoms. The summed E-state index contributed by atoms with van der Waals surface area (Å²) in [4.78, 5) is 6.10. The topological polar surface area (TPSA) is 76.2 Å². The van der Waals surface area contributed by atoms with Crippen molar-refractivity contribution in [2.24, 2.45) is 45.4 Å². The van der Waals surface area contributed by atoms with E-state index in [9.17, 15) is 10.2 Å². The van der Waals surface area contributed by atoms with Gasteiger partial charge < -0.3 is 20.3 Å². The van der Waals surface area contributed by atoms with Crippen LogP contribution < -0.4 is 0 Å². The van der Waals surface area contributed by atoms with Crippen LogP contribution in [-0.4, -0.2) is 45.6 Å². The standard InChI is InChI=1S/C27H38N2OS.C13H26O2.Ir/c1-15-9-10-17-16-7-6-8-18(23(16)30-25(17)28-15)19-11-12-20-22(29-19)21-24(31-20)27(4,5)14-13-26(21,2)3;1-5-10(6-2)12(14)9-13(15)11(7-3)8-4;/h8,12,16-17,19,21-22,24-25H,6-7,9-11,13-14H2,1-5H3;9-12,14-15H,5-8H2,1-4H3;/q-2;;/b;13-9-;/t16-,17?,19+,21?,22?,24?,25-;12-;/m01./s1/i1D3;;. The van der Waals surface area contributed by atoms with Gasteiger partial charge in [0.1, 0.15) is 0 Å². The first kappa shape index (κ1) is 34.7. The van der Waals surface area contributed by atoms with Gasteiger partial charge >= 0.3 is 0 Å². The van der Waals surface area contributed by atoms with Crippen LogP contribution in [0.25, 0.3) is 5.32 Å². The van der Waals surface area contributed by atoms with Crippen LogP contribution in [0.15, 0.2) is 39.1 Å². The molecule has 0 aromatic heterocycles. The minimum atomic E-state index is -2.11. The van der Waals surface area contributed by atoms with Crippen LogP contribution in [0.1, 0.15) is 137 Å². The molecule has 47 heavy (non-hydrogen) atoms. The van der Waals surface area contributed by atoms with Crippen molar-refractivity contribution in [1.82, 2.24) is 0 Å². The fourth-order valence-electron chi connectivity index (χ4n) is 9.15. The maximum absolute atomic E-state index is 9.88. The van der Waals surface area contributed by atoms with Gasteiger partial charge in [-0.15, -0.1) is 24.2 Å². The van der Waals surface area contributed by atoms with E-state index in [0.717, 1.165) is 57.1 Å². The summed E-state index contributed by atoms with van der Waals surface area (Å²) >= 11 is 2.11. The van der Waals surface area contributed by atoms with Gasteiger partial charge in [-0.05, 0) is 97.1 Å². The van der Waals surface area contributed by atoms with Gasteiger partial charge in [0.15, 0.2) is 6.23 Å². The zero-order chi connectivity index (χ0) is 35.9. The summed E-state index contributed by atoms with van der Waals surface area (Å²) in [6, 6.07) is 0.451. The first-order chi connectivity index (χ1) is 23.1. The fraction of sp³-hybridized carbons (Fsp3) is 0.800. The Morgan fingerprint density at radius 1 is 1.13 bits per heavy atom. The monoisotopic (exact) mass is 848 g/mol. The van der Waals surface area contributed by atoms with Gasteiger partial charge in [0.2, 0.25) is 0 Å². The largest absolute Gasteiger partial charge is 0.651 e. The van der Waals surface area contributed by atoms with Crippen LogP contribution in [-0.2, 0) is 24.8 Å². The second kappa shape index (κ2) is 16.1. The van der Waals surface area contributed by atoms with Gasteiger partial charge in [-0.1, -0.05) is 86.8 Å². The van der Waals surface area contributed by atoms with E-state index in [-0.39, 0.29) is 44.2 Å². The number of fused-ring (bicyclic) bond motifs is 6. The number of aliphatic hydroxyl groups is 2. The number of rotatable bonds is 8. The predicted octanol–water partition coefficient (Wildman–Crippen LogP) is 10.7. The Morgan fingerprint density at radius 2 is 1.83 bits per heavy atom. The van der Waals surface area contributed by atoms with Crippen molar-refractivity contribution >= 4 is 17.5 Å². The molecule has 2 saturated heterocycles. The summed E-state index contributed by atoms with van der Waals surface area (Å²) in [5, 5.41) is 25.9. The smallest absolute Gasteiger partial charge is 0.171 e. The Kier molecular flexibility index (Phi) is 11.9. The first-order valence-corrected chi connectivity index (χ1v) is 19.4. The molecule has 6 rings (SSSR count). The molecule has 8 atom stereocenters. The van der Waals surface area contributed by atoms with Crippen LogP contribution in [0.3, 0.4) is 0 Å². The molecule has 1 radical (unpaired) electrons. The van der Waals surface area contributed by atoms with Crippen molar-refractivity contribution < 1.29 is 39.2 Å². The molecule has 1 saturated carbocycles. The van der Waals surface area contributed by atoms with Gasteiger partial charge in [0.05, 0.1) is 11.9 Å². The van der Waals surface area contributed by atoms with Crippen molar-refractivity contribution in [3.05, 3.63) is 45.9 Å². The van der Waals surface area contributed by atoms with E-state index >= 15 is 0 Å². The van der Waals surface area contributed by atoms with Gasteiger partial charge in [-0.3, -0.25) is 4.99 Å². The maximum atomic E-state index is 9.88. The van der Waals surface area contributed by atoms with Crippen molar-refractivity contribution in [2.45, 2.75) is 163 Å².